The Morgan fingerprint density at radius 2 is 1.77 bits per heavy atom. The van der Waals surface area contributed by atoms with Gasteiger partial charge in [-0.25, -0.2) is 4.99 Å². The quantitative estimate of drug-likeness (QED) is 0.372. The second-order valence-electron chi connectivity index (χ2n) is 7.33. The number of nitrogens with zero attached hydrogens (tertiary/aromatic N) is 2. The third-order valence-corrected chi connectivity index (χ3v) is 6.35. The van der Waals surface area contributed by atoms with Gasteiger partial charge in [-0.3, -0.25) is 14.5 Å². The molecule has 0 radical (unpaired) electrons. The summed E-state index contributed by atoms with van der Waals surface area (Å²) in [4.78, 5) is 31.5. The first kappa shape index (κ1) is 24.6. The van der Waals surface area contributed by atoms with Crippen LogP contribution in [0, 0.1) is 0 Å². The van der Waals surface area contributed by atoms with E-state index >= 15 is 0 Å². The molecule has 0 aromatic heterocycles. The molecule has 0 unspecified atom stereocenters. The van der Waals surface area contributed by atoms with Gasteiger partial charge in [0.2, 0.25) is 0 Å². The number of carbonyl (C=O) groups is 2. The van der Waals surface area contributed by atoms with Crippen molar-refractivity contribution in [2.75, 3.05) is 18.1 Å². The molecule has 35 heavy (non-hydrogen) atoms. The first-order valence-electron chi connectivity index (χ1n) is 10.8. The van der Waals surface area contributed by atoms with Crippen LogP contribution in [0.1, 0.15) is 12.5 Å². The zero-order chi connectivity index (χ0) is 24.8. The number of hydrogen-bond donors (Lipinski definition) is 1. The van der Waals surface area contributed by atoms with Gasteiger partial charge in [0.15, 0.2) is 23.3 Å². The summed E-state index contributed by atoms with van der Waals surface area (Å²) in [5, 5.41) is 0.559. The lowest BCUT2D eigenvalue weighted by Crippen LogP contribution is -2.28. The van der Waals surface area contributed by atoms with E-state index in [0.717, 1.165) is 16.9 Å². The number of rotatable bonds is 8. The monoisotopic (exact) mass is 551 g/mol. The van der Waals surface area contributed by atoms with Gasteiger partial charge in [-0.15, -0.1) is 0 Å². The second-order valence-corrected chi connectivity index (χ2v) is 9.20. The van der Waals surface area contributed by atoms with Crippen molar-refractivity contribution in [1.29, 1.82) is 0 Å². The molecule has 178 valence electrons. The number of para-hydroxylation sites is 2. The minimum Gasteiger partial charge on any atom is -0.490 e. The summed E-state index contributed by atoms with van der Waals surface area (Å²) < 4.78 is 11.8. The zero-order valence-electron chi connectivity index (χ0n) is 18.8. The maximum atomic E-state index is 13.5. The Morgan fingerprint density at radius 1 is 1.09 bits per heavy atom. The minimum absolute atomic E-state index is 0.181. The molecule has 0 atom stereocenters. The van der Waals surface area contributed by atoms with Gasteiger partial charge in [0.25, 0.3) is 11.8 Å². The van der Waals surface area contributed by atoms with Crippen molar-refractivity contribution in [2.45, 2.75) is 6.92 Å². The number of benzene rings is 3. The molecule has 0 bridgehead atoms. The number of carbonyl (C=O) groups excluding carboxylic acids is 2. The largest absolute Gasteiger partial charge is 0.490 e. The van der Waals surface area contributed by atoms with Gasteiger partial charge in [0.1, 0.15) is 0 Å². The highest BCUT2D eigenvalue weighted by atomic mass is 79.9. The molecule has 1 aliphatic heterocycles. The highest BCUT2D eigenvalue weighted by Gasteiger charge is 2.34. The van der Waals surface area contributed by atoms with E-state index in [0.29, 0.717) is 32.7 Å². The number of primary amides is 1. The first-order valence-corrected chi connectivity index (χ1v) is 12.4. The number of nitrogens with two attached hydrogens (primary N) is 1. The molecule has 0 saturated carbocycles. The van der Waals surface area contributed by atoms with Crippen molar-refractivity contribution in [2.24, 2.45) is 10.7 Å². The molecule has 2 N–H and O–H groups in total. The third kappa shape index (κ3) is 5.93. The van der Waals surface area contributed by atoms with Crippen molar-refractivity contribution < 1.29 is 19.1 Å². The standard InChI is InChI=1S/C26H22BrN3O4S/c1-2-33-21-14-17(13-20(27)24(21)34-16-23(28)31)15-22-25(32)30(19-11-7-4-8-12-19)26(35-22)29-18-9-5-3-6-10-18/h3-15H,2,16H2,1H3,(H2,28,31). The normalized spacial score (nSPS) is 15.6. The van der Waals surface area contributed by atoms with Crippen molar-refractivity contribution >= 4 is 62.1 Å². The molecular formula is C26H22BrN3O4S. The number of hydrogen-bond acceptors (Lipinski definition) is 6. The lowest BCUT2D eigenvalue weighted by molar-refractivity contribution is -0.120. The van der Waals surface area contributed by atoms with Gasteiger partial charge in [-0.2, -0.15) is 0 Å². The van der Waals surface area contributed by atoms with E-state index in [9.17, 15) is 9.59 Å². The third-order valence-electron chi connectivity index (χ3n) is 4.79. The molecule has 7 nitrogen and oxygen atoms in total. The molecule has 2 amide bonds. The van der Waals surface area contributed by atoms with Crippen LogP contribution in [0.2, 0.25) is 0 Å². The van der Waals surface area contributed by atoms with Crippen molar-refractivity contribution in [1.82, 2.24) is 0 Å². The number of amidine groups is 1. The van der Waals surface area contributed by atoms with Crippen molar-refractivity contribution in [3.63, 3.8) is 0 Å². The zero-order valence-corrected chi connectivity index (χ0v) is 21.2. The molecule has 3 aromatic carbocycles. The lowest BCUT2D eigenvalue weighted by atomic mass is 10.1. The highest BCUT2D eigenvalue weighted by molar-refractivity contribution is 9.10. The van der Waals surface area contributed by atoms with Crippen LogP contribution in [-0.4, -0.2) is 30.2 Å². The molecule has 3 aromatic rings. The predicted octanol–water partition coefficient (Wildman–Crippen LogP) is 5.52. The Balaban J connectivity index is 1.73. The van der Waals surface area contributed by atoms with Gasteiger partial charge in [-0.05, 0) is 82.7 Å². The SMILES string of the molecule is CCOc1cc(C=C2SC(=Nc3ccccc3)N(c3ccccc3)C2=O)cc(Br)c1OCC(N)=O. The fraction of sp³-hybridized carbons (Fsp3) is 0.115. The molecule has 4 rings (SSSR count). The summed E-state index contributed by atoms with van der Waals surface area (Å²) in [6, 6.07) is 22.4. The average molecular weight is 552 g/mol. The Hall–Kier alpha value is -3.56. The van der Waals surface area contributed by atoms with Gasteiger partial charge >= 0.3 is 0 Å². The van der Waals surface area contributed by atoms with E-state index in [4.69, 9.17) is 20.2 Å². The van der Waals surface area contributed by atoms with Crippen LogP contribution in [0.15, 0.2) is 87.2 Å². The summed E-state index contributed by atoms with van der Waals surface area (Å²) >= 11 is 4.77. The number of amides is 2. The lowest BCUT2D eigenvalue weighted by Gasteiger charge is -2.15. The summed E-state index contributed by atoms with van der Waals surface area (Å²) in [7, 11) is 0. The van der Waals surface area contributed by atoms with E-state index in [2.05, 4.69) is 15.9 Å². The Kier molecular flexibility index (Phi) is 7.89. The fourth-order valence-electron chi connectivity index (χ4n) is 3.34. The molecule has 9 heteroatoms. The first-order chi connectivity index (χ1) is 17.0. The molecule has 0 spiro atoms. The maximum Gasteiger partial charge on any atom is 0.271 e. The van der Waals surface area contributed by atoms with Crippen LogP contribution in [0.5, 0.6) is 11.5 Å². The minimum atomic E-state index is -0.593. The average Bonchev–Trinajstić information content (AvgIpc) is 3.14. The Bertz CT molecular complexity index is 1300. The van der Waals surface area contributed by atoms with Crippen LogP contribution < -0.4 is 20.1 Å². The molecule has 1 aliphatic rings. The van der Waals surface area contributed by atoms with Gasteiger partial charge in [-0.1, -0.05) is 36.4 Å². The molecule has 1 fully saturated rings. The van der Waals surface area contributed by atoms with Crippen LogP contribution in [0.4, 0.5) is 11.4 Å². The van der Waals surface area contributed by atoms with E-state index < -0.39 is 5.91 Å². The van der Waals surface area contributed by atoms with Crippen LogP contribution in [-0.2, 0) is 9.59 Å². The Labute approximate surface area is 215 Å². The maximum absolute atomic E-state index is 13.5. The van der Waals surface area contributed by atoms with Crippen LogP contribution in [0.3, 0.4) is 0 Å². The number of aliphatic imine (C=N–C) groups is 1. The number of halogens is 1. The van der Waals surface area contributed by atoms with Gasteiger partial charge in [0.05, 0.1) is 27.4 Å². The predicted molar refractivity (Wildman–Crippen MR) is 143 cm³/mol. The topological polar surface area (TPSA) is 94.2 Å². The van der Waals surface area contributed by atoms with E-state index in [-0.39, 0.29) is 12.5 Å². The Morgan fingerprint density at radius 3 is 2.43 bits per heavy atom. The molecular weight excluding hydrogens is 530 g/mol. The summed E-state index contributed by atoms with van der Waals surface area (Å²) in [6.45, 7) is 1.96. The van der Waals surface area contributed by atoms with Crippen LogP contribution >= 0.6 is 27.7 Å². The number of anilines is 1. The number of thioether (sulfide) groups is 1. The van der Waals surface area contributed by atoms with E-state index in [1.54, 1.807) is 23.1 Å². The molecule has 0 aliphatic carbocycles. The fourth-order valence-corrected chi connectivity index (χ4v) is 4.91. The summed E-state index contributed by atoms with van der Waals surface area (Å²) in [5.74, 6) is 0.0303. The van der Waals surface area contributed by atoms with Crippen LogP contribution in [0.25, 0.3) is 6.08 Å². The summed E-state index contributed by atoms with van der Waals surface area (Å²) in [6.07, 6.45) is 1.78. The second kappa shape index (κ2) is 11.2. The highest BCUT2D eigenvalue weighted by Crippen LogP contribution is 2.40. The van der Waals surface area contributed by atoms with Gasteiger partial charge in [0, 0.05) is 0 Å². The van der Waals surface area contributed by atoms with E-state index in [1.807, 2.05) is 67.6 Å². The summed E-state index contributed by atoms with van der Waals surface area (Å²) in [5.41, 5.74) is 7.41. The van der Waals surface area contributed by atoms with Gasteiger partial charge < -0.3 is 15.2 Å². The smallest absolute Gasteiger partial charge is 0.271 e. The van der Waals surface area contributed by atoms with Crippen molar-refractivity contribution in [3.8, 4) is 11.5 Å². The number of ether oxygens (including phenoxy) is 2. The van der Waals surface area contributed by atoms with Crippen molar-refractivity contribution in [3.05, 3.63) is 87.7 Å². The molecule has 1 heterocycles. The molecule has 1 saturated heterocycles. The van der Waals surface area contributed by atoms with E-state index in [1.165, 1.54) is 11.8 Å².